The molecule has 1 aliphatic rings. The summed E-state index contributed by atoms with van der Waals surface area (Å²) in [6.45, 7) is 0.615. The van der Waals surface area contributed by atoms with Crippen LogP contribution in [0.5, 0.6) is 0 Å². The molecule has 0 unspecified atom stereocenters. The molecule has 0 bridgehead atoms. The highest BCUT2D eigenvalue weighted by molar-refractivity contribution is 7.92. The summed E-state index contributed by atoms with van der Waals surface area (Å²) < 4.78 is 54.0. The van der Waals surface area contributed by atoms with Gasteiger partial charge >= 0.3 is 0 Å². The van der Waals surface area contributed by atoms with Crippen molar-refractivity contribution in [3.8, 4) is 0 Å². The van der Waals surface area contributed by atoms with Crippen molar-refractivity contribution in [2.75, 3.05) is 16.2 Å². The van der Waals surface area contributed by atoms with Gasteiger partial charge in [-0.3, -0.25) is 9.52 Å². The van der Waals surface area contributed by atoms with Crippen LogP contribution < -0.4 is 9.62 Å². The van der Waals surface area contributed by atoms with E-state index in [1.807, 2.05) is 0 Å². The first-order valence-corrected chi connectivity index (χ1v) is 9.24. The van der Waals surface area contributed by atoms with Crippen LogP contribution >= 0.6 is 0 Å². The average molecular weight is 366 g/mol. The second-order valence-corrected chi connectivity index (χ2v) is 7.32. The number of carbonyl (C=O) groups is 1. The third-order valence-corrected chi connectivity index (χ3v) is 5.37. The van der Waals surface area contributed by atoms with E-state index in [4.69, 9.17) is 0 Å². The predicted octanol–water partition coefficient (Wildman–Crippen LogP) is 3.28. The van der Waals surface area contributed by atoms with Crippen molar-refractivity contribution in [1.82, 2.24) is 0 Å². The van der Waals surface area contributed by atoms with E-state index in [1.165, 1.54) is 12.1 Å². The molecular formula is C17H16F2N2O3S. The van der Waals surface area contributed by atoms with E-state index in [0.29, 0.717) is 18.7 Å². The molecule has 1 saturated heterocycles. The Morgan fingerprint density at radius 3 is 2.20 bits per heavy atom. The van der Waals surface area contributed by atoms with E-state index < -0.39 is 26.6 Å². The molecular weight excluding hydrogens is 350 g/mol. The molecule has 0 spiro atoms. The maximum absolute atomic E-state index is 13.7. The van der Waals surface area contributed by atoms with Crippen LogP contribution in [0.4, 0.5) is 20.2 Å². The van der Waals surface area contributed by atoms with Crippen LogP contribution in [-0.2, 0) is 14.8 Å². The van der Waals surface area contributed by atoms with E-state index in [-0.39, 0.29) is 11.6 Å². The number of anilines is 2. The van der Waals surface area contributed by atoms with Crippen LogP contribution in [0.25, 0.3) is 0 Å². The van der Waals surface area contributed by atoms with Gasteiger partial charge in [0.1, 0.15) is 11.6 Å². The largest absolute Gasteiger partial charge is 0.312 e. The van der Waals surface area contributed by atoms with Gasteiger partial charge in [0.25, 0.3) is 10.0 Å². The number of nitrogens with one attached hydrogen (secondary N) is 1. The zero-order chi connectivity index (χ0) is 18.0. The summed E-state index contributed by atoms with van der Waals surface area (Å²) >= 11 is 0. The number of hydrogen-bond acceptors (Lipinski definition) is 3. The maximum Gasteiger partial charge on any atom is 0.267 e. The van der Waals surface area contributed by atoms with Gasteiger partial charge in [0.2, 0.25) is 5.91 Å². The highest BCUT2D eigenvalue weighted by atomic mass is 32.2. The van der Waals surface area contributed by atoms with E-state index in [0.717, 1.165) is 31.0 Å². The number of benzene rings is 2. The fourth-order valence-corrected chi connectivity index (χ4v) is 3.93. The quantitative estimate of drug-likeness (QED) is 0.903. The van der Waals surface area contributed by atoms with E-state index >= 15 is 0 Å². The SMILES string of the molecule is O=C1CCCCN1c1ccc(NS(=O)(=O)c2c(F)cccc2F)cc1. The van der Waals surface area contributed by atoms with E-state index in [9.17, 15) is 22.0 Å². The zero-order valence-electron chi connectivity index (χ0n) is 13.2. The van der Waals surface area contributed by atoms with E-state index in [1.54, 1.807) is 17.0 Å². The third kappa shape index (κ3) is 3.63. The summed E-state index contributed by atoms with van der Waals surface area (Å²) in [7, 11) is -4.40. The van der Waals surface area contributed by atoms with Gasteiger partial charge in [-0.1, -0.05) is 6.07 Å². The first-order valence-electron chi connectivity index (χ1n) is 7.76. The third-order valence-electron chi connectivity index (χ3n) is 3.94. The van der Waals surface area contributed by atoms with Crippen molar-refractivity contribution in [2.24, 2.45) is 0 Å². The van der Waals surface area contributed by atoms with Gasteiger partial charge < -0.3 is 4.90 Å². The average Bonchev–Trinajstić information content (AvgIpc) is 2.55. The maximum atomic E-state index is 13.7. The summed E-state index contributed by atoms with van der Waals surface area (Å²) in [5, 5.41) is 0. The summed E-state index contributed by atoms with van der Waals surface area (Å²) in [4.78, 5) is 12.5. The minimum atomic E-state index is -4.40. The Morgan fingerprint density at radius 1 is 0.960 bits per heavy atom. The number of rotatable bonds is 4. The first kappa shape index (κ1) is 17.3. The molecule has 1 heterocycles. The molecule has 1 N–H and O–H groups in total. The molecule has 132 valence electrons. The lowest BCUT2D eigenvalue weighted by Gasteiger charge is -2.26. The molecule has 1 amide bonds. The molecule has 5 nitrogen and oxygen atoms in total. The van der Waals surface area contributed by atoms with Gasteiger partial charge in [-0.05, 0) is 49.2 Å². The lowest BCUT2D eigenvalue weighted by Crippen LogP contribution is -2.35. The van der Waals surface area contributed by atoms with Crippen molar-refractivity contribution in [1.29, 1.82) is 0 Å². The smallest absolute Gasteiger partial charge is 0.267 e. The van der Waals surface area contributed by atoms with Crippen LogP contribution in [0.2, 0.25) is 0 Å². The summed E-state index contributed by atoms with van der Waals surface area (Å²) in [6, 6.07) is 8.94. The molecule has 0 aliphatic carbocycles. The molecule has 3 rings (SSSR count). The Labute approximate surface area is 144 Å². The Hall–Kier alpha value is -2.48. The number of halogens is 2. The summed E-state index contributed by atoms with van der Waals surface area (Å²) in [5.41, 5.74) is 0.806. The van der Waals surface area contributed by atoms with Crippen LogP contribution in [0.3, 0.4) is 0 Å². The molecule has 0 saturated carbocycles. The van der Waals surface area contributed by atoms with Crippen LogP contribution in [0.15, 0.2) is 47.4 Å². The van der Waals surface area contributed by atoms with Gasteiger partial charge in [0.15, 0.2) is 4.90 Å². The van der Waals surface area contributed by atoms with Gasteiger partial charge in [-0.2, -0.15) is 0 Å². The molecule has 8 heteroatoms. The fourth-order valence-electron chi connectivity index (χ4n) is 2.73. The lowest BCUT2D eigenvalue weighted by atomic mass is 10.1. The van der Waals surface area contributed by atoms with Crippen molar-refractivity contribution in [3.05, 3.63) is 54.1 Å². The number of carbonyl (C=O) groups excluding carboxylic acids is 1. The monoisotopic (exact) mass is 366 g/mol. The number of sulfonamides is 1. The van der Waals surface area contributed by atoms with Crippen LogP contribution in [0, 0.1) is 11.6 Å². The Kier molecular flexibility index (Phi) is 4.71. The fraction of sp³-hybridized carbons (Fsp3) is 0.235. The number of amides is 1. The van der Waals surface area contributed by atoms with Gasteiger partial charge in [-0.15, -0.1) is 0 Å². The second-order valence-electron chi connectivity index (χ2n) is 5.71. The minimum absolute atomic E-state index is 0.0213. The molecule has 1 aliphatic heterocycles. The number of hydrogen-bond donors (Lipinski definition) is 1. The highest BCUT2D eigenvalue weighted by Gasteiger charge is 2.24. The first-order chi connectivity index (χ1) is 11.9. The molecule has 0 radical (unpaired) electrons. The number of piperidine rings is 1. The van der Waals surface area contributed by atoms with Crippen molar-refractivity contribution in [3.63, 3.8) is 0 Å². The Bertz CT molecular complexity index is 878. The van der Waals surface area contributed by atoms with Gasteiger partial charge in [0, 0.05) is 24.3 Å². The Morgan fingerprint density at radius 2 is 1.60 bits per heavy atom. The minimum Gasteiger partial charge on any atom is -0.312 e. The molecule has 25 heavy (non-hydrogen) atoms. The van der Waals surface area contributed by atoms with Gasteiger partial charge in [-0.25, -0.2) is 17.2 Å². The van der Waals surface area contributed by atoms with Gasteiger partial charge in [0.05, 0.1) is 0 Å². The number of nitrogens with zero attached hydrogens (tertiary/aromatic N) is 1. The second kappa shape index (κ2) is 6.79. The zero-order valence-corrected chi connectivity index (χ0v) is 14.0. The highest BCUT2D eigenvalue weighted by Crippen LogP contribution is 2.25. The lowest BCUT2D eigenvalue weighted by molar-refractivity contribution is -0.119. The molecule has 2 aromatic carbocycles. The normalized spacial score (nSPS) is 15.3. The molecule has 1 fully saturated rings. The topological polar surface area (TPSA) is 66.5 Å². The molecule has 0 aromatic heterocycles. The molecule has 0 atom stereocenters. The van der Waals surface area contributed by atoms with Crippen molar-refractivity contribution >= 4 is 27.3 Å². The standard InChI is InChI=1S/C17H16F2N2O3S/c18-14-4-3-5-15(19)17(14)25(23,24)20-12-7-9-13(10-8-12)21-11-2-1-6-16(21)22/h3-5,7-10,20H,1-2,6,11H2. The summed E-state index contributed by atoms with van der Waals surface area (Å²) in [5.74, 6) is -2.31. The summed E-state index contributed by atoms with van der Waals surface area (Å²) in [6.07, 6.45) is 2.26. The predicted molar refractivity (Wildman–Crippen MR) is 89.8 cm³/mol. The Balaban J connectivity index is 1.82. The van der Waals surface area contributed by atoms with Crippen molar-refractivity contribution < 1.29 is 22.0 Å². The van der Waals surface area contributed by atoms with Crippen molar-refractivity contribution in [2.45, 2.75) is 24.2 Å². The van der Waals surface area contributed by atoms with E-state index in [2.05, 4.69) is 4.72 Å². The van der Waals surface area contributed by atoms with Crippen LogP contribution in [0.1, 0.15) is 19.3 Å². The van der Waals surface area contributed by atoms with Crippen LogP contribution in [-0.4, -0.2) is 20.9 Å². The molecule has 2 aromatic rings.